The van der Waals surface area contributed by atoms with Gasteiger partial charge in [0.05, 0.1) is 40.0 Å². The fraction of sp³-hybridized carbons (Fsp3) is 0.327. The second-order valence-corrected chi connectivity index (χ2v) is 23.4. The molecule has 0 radical (unpaired) electrons. The molecule has 2 aromatic heterocycles. The van der Waals surface area contributed by atoms with Crippen molar-refractivity contribution in [2.75, 3.05) is 43.9 Å². The van der Waals surface area contributed by atoms with Crippen LogP contribution in [0.1, 0.15) is 70.2 Å². The molecule has 5 aromatic rings. The molecule has 2 aliphatic rings. The normalized spacial score (nSPS) is 15.9. The molecule has 0 aliphatic carbocycles. The molecule has 0 bridgehead atoms. The van der Waals surface area contributed by atoms with Crippen LogP contribution in [-0.2, 0) is 57.2 Å². The van der Waals surface area contributed by atoms with Gasteiger partial charge >= 0.3 is 0 Å². The Labute approximate surface area is 436 Å². The molecule has 3 aromatic carbocycles. The third-order valence-corrected chi connectivity index (χ3v) is 15.7. The van der Waals surface area contributed by atoms with Crippen LogP contribution in [0.5, 0.6) is 11.6 Å². The first-order valence-electron chi connectivity index (χ1n) is 23.9. The van der Waals surface area contributed by atoms with E-state index in [0.717, 1.165) is 17.0 Å². The molecular formula is C52H60N7O13S3+. The van der Waals surface area contributed by atoms with Gasteiger partial charge in [0.2, 0.25) is 23.4 Å². The molecule has 23 heteroatoms. The first kappa shape index (κ1) is 55.7. The predicted molar refractivity (Wildman–Crippen MR) is 282 cm³/mol. The number of carbonyl (C=O) groups excluding carboxylic acids is 2. The Morgan fingerprint density at radius 1 is 0.773 bits per heavy atom. The molecule has 75 heavy (non-hydrogen) atoms. The summed E-state index contributed by atoms with van der Waals surface area (Å²) in [7, 11) is -11.6. The van der Waals surface area contributed by atoms with Gasteiger partial charge in [-0.2, -0.15) is 29.8 Å². The lowest BCUT2D eigenvalue weighted by Gasteiger charge is -2.27. The summed E-state index contributed by atoms with van der Waals surface area (Å²) in [5, 5.41) is 16.5. The van der Waals surface area contributed by atoms with Crippen molar-refractivity contribution < 1.29 is 62.9 Å². The first-order chi connectivity index (χ1) is 35.3. The maximum Gasteiger partial charge on any atom is 0.294 e. The first-order valence-corrected chi connectivity index (χ1v) is 28.4. The molecule has 0 saturated heterocycles. The number of nitrogens with zero attached hydrogens (tertiary/aromatic N) is 5. The topological polar surface area (TPSA) is 287 Å². The van der Waals surface area contributed by atoms with Gasteiger partial charge in [-0.05, 0) is 86.5 Å². The number of aromatic nitrogens is 3. The second-order valence-electron chi connectivity index (χ2n) is 19.0. The summed E-state index contributed by atoms with van der Waals surface area (Å²) >= 11 is 0. The van der Waals surface area contributed by atoms with Crippen molar-refractivity contribution in [3.8, 4) is 22.9 Å². The molecule has 0 atom stereocenters. The number of amides is 2. The Kier molecular flexibility index (Phi) is 16.7. The number of anilines is 1. The fourth-order valence-electron chi connectivity index (χ4n) is 9.25. The highest BCUT2D eigenvalue weighted by Gasteiger charge is 2.45. The molecule has 4 heterocycles. The van der Waals surface area contributed by atoms with E-state index in [0.29, 0.717) is 58.3 Å². The minimum Gasteiger partial charge on any atom is -0.497 e. The van der Waals surface area contributed by atoms with Gasteiger partial charge in [-0.15, -0.1) is 0 Å². The molecule has 7 rings (SSSR count). The van der Waals surface area contributed by atoms with Crippen molar-refractivity contribution in [2.24, 2.45) is 0 Å². The molecule has 20 nitrogen and oxygen atoms in total. The van der Waals surface area contributed by atoms with Crippen molar-refractivity contribution in [1.82, 2.24) is 25.0 Å². The summed E-state index contributed by atoms with van der Waals surface area (Å²) < 4.78 is 109. The summed E-state index contributed by atoms with van der Waals surface area (Å²) in [6.45, 7) is 8.47. The van der Waals surface area contributed by atoms with Crippen molar-refractivity contribution in [2.45, 2.75) is 80.4 Å². The van der Waals surface area contributed by atoms with Crippen LogP contribution >= 0.6 is 0 Å². The molecule has 0 fully saturated rings. The SMILES string of the molecule is COc1ccc(-c2cn3c(O)c(CCC(=O)NCCNC(=O)CCN4/C(=C/C=C/C=C/C=C/C5=[N+](CCCCS(=O)(=O)O)c6ccc(S(=O)(=O)O)cc6C5(C)C)C(C)(C)c5cc(S(=O)(=O)O)ccc54)nc3cn2)cc1. The molecule has 398 valence electrons. The Balaban J connectivity index is 0.972. The van der Waals surface area contributed by atoms with Crippen molar-refractivity contribution >= 4 is 64.9 Å². The summed E-state index contributed by atoms with van der Waals surface area (Å²) in [4.78, 5) is 36.3. The van der Waals surface area contributed by atoms with E-state index in [-0.39, 0.29) is 72.8 Å². The van der Waals surface area contributed by atoms with Crippen LogP contribution in [0.25, 0.3) is 16.9 Å². The van der Waals surface area contributed by atoms with Crippen molar-refractivity contribution in [3.05, 3.63) is 138 Å². The van der Waals surface area contributed by atoms with Gasteiger partial charge in [0.1, 0.15) is 18.0 Å². The maximum absolute atomic E-state index is 13.2. The summed E-state index contributed by atoms with van der Waals surface area (Å²) in [5.74, 6) is -0.402. The number of aromatic hydroxyl groups is 1. The number of nitrogens with one attached hydrogen (secondary N) is 2. The number of methoxy groups -OCH3 is 1. The molecule has 2 aliphatic heterocycles. The van der Waals surface area contributed by atoms with Crippen LogP contribution in [0, 0.1) is 0 Å². The number of unbranched alkanes of at least 4 members (excludes halogenated alkanes) is 1. The minimum atomic E-state index is -4.53. The monoisotopic (exact) mass is 1090 g/mol. The smallest absolute Gasteiger partial charge is 0.294 e. The zero-order chi connectivity index (χ0) is 54.5. The van der Waals surface area contributed by atoms with Gasteiger partial charge in [0.15, 0.2) is 11.4 Å². The molecular weight excluding hydrogens is 1030 g/mol. The maximum atomic E-state index is 13.2. The van der Waals surface area contributed by atoms with Crippen LogP contribution in [0.3, 0.4) is 0 Å². The van der Waals surface area contributed by atoms with E-state index in [1.165, 1.54) is 28.7 Å². The average molecular weight is 1090 g/mol. The van der Waals surface area contributed by atoms with Crippen LogP contribution in [0.4, 0.5) is 11.4 Å². The lowest BCUT2D eigenvalue weighted by molar-refractivity contribution is -0.438. The number of imidazole rings is 1. The second kappa shape index (κ2) is 22.4. The van der Waals surface area contributed by atoms with E-state index >= 15 is 0 Å². The number of aryl methyl sites for hydroxylation is 1. The van der Waals surface area contributed by atoms with Crippen molar-refractivity contribution in [1.29, 1.82) is 0 Å². The number of carbonyl (C=O) groups is 2. The highest BCUT2D eigenvalue weighted by molar-refractivity contribution is 7.86. The number of ether oxygens (including phenoxy) is 1. The number of rotatable bonds is 22. The number of hydrogen-bond donors (Lipinski definition) is 6. The summed E-state index contributed by atoms with van der Waals surface area (Å²) in [5.41, 5.74) is 4.81. The lowest BCUT2D eigenvalue weighted by atomic mass is 9.81. The Bertz CT molecular complexity index is 3530. The third-order valence-electron chi connectivity index (χ3n) is 13.2. The largest absolute Gasteiger partial charge is 0.497 e. The molecule has 0 unspecified atom stereocenters. The Hall–Kier alpha value is -7.02. The lowest BCUT2D eigenvalue weighted by Crippen LogP contribution is -2.36. The minimum absolute atomic E-state index is 0.0329. The Morgan fingerprint density at radius 2 is 1.40 bits per heavy atom. The fourth-order valence-corrected chi connectivity index (χ4v) is 10.8. The van der Waals surface area contributed by atoms with Gasteiger partial charge in [-0.3, -0.25) is 32.6 Å². The van der Waals surface area contributed by atoms with Gasteiger partial charge < -0.3 is 25.4 Å². The van der Waals surface area contributed by atoms with Crippen LogP contribution in [-0.4, -0.2) is 120 Å². The molecule has 0 saturated carbocycles. The van der Waals surface area contributed by atoms with Crippen LogP contribution in [0.15, 0.2) is 131 Å². The quantitative estimate of drug-likeness (QED) is 0.0193. The number of benzene rings is 3. The van der Waals surface area contributed by atoms with Crippen LogP contribution in [0.2, 0.25) is 0 Å². The Morgan fingerprint density at radius 3 is 2.05 bits per heavy atom. The van der Waals surface area contributed by atoms with Gasteiger partial charge in [-0.25, -0.2) is 4.98 Å². The van der Waals surface area contributed by atoms with Gasteiger partial charge in [-0.1, -0.05) is 44.2 Å². The molecule has 2 amide bonds. The molecule has 0 spiro atoms. The van der Waals surface area contributed by atoms with E-state index < -0.39 is 46.9 Å². The van der Waals surface area contributed by atoms with E-state index in [1.807, 2.05) is 73.6 Å². The predicted octanol–water partition coefficient (Wildman–Crippen LogP) is 6.25. The number of fused-ring (bicyclic) bond motifs is 3. The van der Waals surface area contributed by atoms with E-state index in [1.54, 1.807) is 62.0 Å². The van der Waals surface area contributed by atoms with Gasteiger partial charge in [0.25, 0.3) is 30.4 Å². The van der Waals surface area contributed by atoms with Gasteiger partial charge in [0, 0.05) is 91.6 Å². The summed E-state index contributed by atoms with van der Waals surface area (Å²) in [6.07, 6.45) is 16.7. The third kappa shape index (κ3) is 13.1. The number of allylic oxidation sites excluding steroid dienone is 8. The van der Waals surface area contributed by atoms with E-state index in [4.69, 9.17) is 4.74 Å². The average Bonchev–Trinajstić information content (AvgIpc) is 3.87. The highest BCUT2D eigenvalue weighted by Crippen LogP contribution is 2.48. The standard InChI is InChI=1S/C52H59N7O13S3/c1-51(2)39-31-37(74(66,67)68)19-22-43(39)57(28-11-12-30-73(63,64)65)45(51)13-9-7-6-8-10-14-46-52(3,4)40-32-38(75(69,70)71)20-23-44(40)58(46)29-25-49(61)54-27-26-53-48(60)24-21-41-50(62)59-34-42(55-33-47(59)56-41)35-15-17-36(72-5)18-16-35/h6-10,13-20,22-23,31-34H,11-12,21,24-30H2,1-5H3,(H5-,53,54,55,60,61,62,63,64,65,66,67,68,69,70,71)/p+1. The van der Waals surface area contributed by atoms with E-state index in [2.05, 4.69) is 20.6 Å². The number of hydrogen-bond acceptors (Lipinski definition) is 13. The van der Waals surface area contributed by atoms with Crippen molar-refractivity contribution in [3.63, 3.8) is 0 Å². The molecule has 6 N–H and O–H groups in total. The summed E-state index contributed by atoms with van der Waals surface area (Å²) in [6, 6.07) is 16.0. The highest BCUT2D eigenvalue weighted by atomic mass is 32.2. The van der Waals surface area contributed by atoms with Crippen LogP contribution < -0.4 is 20.3 Å². The zero-order valence-corrected chi connectivity index (χ0v) is 44.4. The zero-order valence-electron chi connectivity index (χ0n) is 42.0. The van der Waals surface area contributed by atoms with E-state index in [9.17, 15) is 53.6 Å².